The van der Waals surface area contributed by atoms with Crippen LogP contribution in [0.5, 0.6) is 0 Å². The minimum Gasteiger partial charge on any atom is -0.383 e. The summed E-state index contributed by atoms with van der Waals surface area (Å²) in [5.41, 5.74) is 2.74. The first kappa shape index (κ1) is 24.3. The van der Waals surface area contributed by atoms with Gasteiger partial charge in [-0.05, 0) is 24.3 Å². The molecule has 5 aromatic rings. The van der Waals surface area contributed by atoms with E-state index in [0.29, 0.717) is 40.4 Å². The summed E-state index contributed by atoms with van der Waals surface area (Å²) in [4.78, 5) is 33.2. The Balaban J connectivity index is 0.00000148. The first-order valence-corrected chi connectivity index (χ1v) is 10.9. The number of para-hydroxylation sites is 1. The van der Waals surface area contributed by atoms with Crippen molar-refractivity contribution in [1.29, 1.82) is 0 Å². The van der Waals surface area contributed by atoms with Crippen molar-refractivity contribution in [3.8, 4) is 18.5 Å². The standard InChI is InChI=1S/C23H21FN8O2.C2H2/c1-34-10-9-25-23(33)18-15(24)7-8-16-20(18)32(14-5-3-2-4-6-14)17(31-16)11-26-21-19-22(28-12-27-19)30-13-29-21;1-2/h2-8,12-13H,9-11H2,1H3,(H,25,33)(H2,26,27,28,29,30);1-2H. The lowest BCUT2D eigenvalue weighted by atomic mass is 10.1. The molecule has 0 fully saturated rings. The maximum atomic E-state index is 15.0. The molecule has 0 unspecified atom stereocenters. The number of ether oxygens (including phenoxy) is 1. The number of hydrogen-bond acceptors (Lipinski definition) is 7. The minimum atomic E-state index is -0.631. The molecule has 0 saturated heterocycles. The molecule has 10 nitrogen and oxygen atoms in total. The largest absolute Gasteiger partial charge is 0.383 e. The molecule has 0 radical (unpaired) electrons. The number of carbonyl (C=O) groups excluding carboxylic acids is 1. The summed E-state index contributed by atoms with van der Waals surface area (Å²) in [6, 6.07) is 12.2. The number of terminal acetylenes is 1. The van der Waals surface area contributed by atoms with Crippen LogP contribution in [0.25, 0.3) is 27.9 Å². The van der Waals surface area contributed by atoms with Gasteiger partial charge >= 0.3 is 0 Å². The highest BCUT2D eigenvalue weighted by Gasteiger charge is 2.23. The van der Waals surface area contributed by atoms with Crippen molar-refractivity contribution in [3.63, 3.8) is 0 Å². The van der Waals surface area contributed by atoms with Crippen molar-refractivity contribution in [3.05, 3.63) is 72.3 Å². The topological polar surface area (TPSA) is 123 Å². The molecule has 0 saturated carbocycles. The van der Waals surface area contributed by atoms with Crippen LogP contribution in [0.2, 0.25) is 0 Å². The van der Waals surface area contributed by atoms with Crippen LogP contribution >= 0.6 is 0 Å². The number of nitrogens with zero attached hydrogens (tertiary/aromatic N) is 5. The first-order valence-electron chi connectivity index (χ1n) is 10.9. The number of imidazole rings is 2. The Kier molecular flexibility index (Phi) is 7.48. The van der Waals surface area contributed by atoms with Crippen LogP contribution in [0.1, 0.15) is 16.2 Å². The van der Waals surface area contributed by atoms with E-state index in [-0.39, 0.29) is 18.7 Å². The third-order valence-corrected chi connectivity index (χ3v) is 5.31. The normalized spacial score (nSPS) is 10.7. The second kappa shape index (κ2) is 11.1. The van der Waals surface area contributed by atoms with Gasteiger partial charge in [-0.25, -0.2) is 24.3 Å². The Hall–Kier alpha value is -4.82. The molecule has 3 heterocycles. The SMILES string of the molecule is C#C.COCCNC(=O)c1c(F)ccc2nc(CNc3ncnc4nc[nH]c34)n(-c3ccccc3)c12. The fraction of sp³-hybridized carbons (Fsp3) is 0.160. The van der Waals surface area contributed by atoms with E-state index < -0.39 is 11.7 Å². The summed E-state index contributed by atoms with van der Waals surface area (Å²) in [6.45, 7) is 0.825. The number of amides is 1. The lowest BCUT2D eigenvalue weighted by Crippen LogP contribution is -2.28. The summed E-state index contributed by atoms with van der Waals surface area (Å²) in [5.74, 6) is -0.0393. The van der Waals surface area contributed by atoms with Crippen LogP contribution in [-0.4, -0.2) is 55.7 Å². The molecule has 0 bridgehead atoms. The third kappa shape index (κ3) is 4.70. The number of H-pyrrole nitrogens is 1. The molecule has 1 amide bonds. The van der Waals surface area contributed by atoms with Crippen LogP contribution < -0.4 is 10.6 Å². The minimum absolute atomic E-state index is 0.0748. The number of methoxy groups -OCH3 is 1. The number of rotatable bonds is 8. The molecular weight excluding hydrogens is 463 g/mol. The molecular formula is C25H23FN8O2. The Labute approximate surface area is 206 Å². The van der Waals surface area contributed by atoms with Gasteiger partial charge in [0.05, 0.1) is 30.5 Å². The zero-order chi connectivity index (χ0) is 25.5. The average molecular weight is 487 g/mol. The van der Waals surface area contributed by atoms with Gasteiger partial charge in [-0.15, -0.1) is 12.8 Å². The summed E-state index contributed by atoms with van der Waals surface area (Å²) in [6.07, 6.45) is 11.0. The molecule has 0 aliphatic carbocycles. The van der Waals surface area contributed by atoms with Gasteiger partial charge in [-0.3, -0.25) is 9.36 Å². The van der Waals surface area contributed by atoms with Crippen molar-refractivity contribution in [2.75, 3.05) is 25.6 Å². The van der Waals surface area contributed by atoms with Gasteiger partial charge in [0.1, 0.15) is 29.0 Å². The molecule has 36 heavy (non-hydrogen) atoms. The first-order chi connectivity index (χ1) is 17.7. The second-order valence-corrected chi connectivity index (χ2v) is 7.41. The highest BCUT2D eigenvalue weighted by atomic mass is 19.1. The molecule has 3 aromatic heterocycles. The molecule has 2 aromatic carbocycles. The third-order valence-electron chi connectivity index (χ3n) is 5.31. The summed E-state index contributed by atoms with van der Waals surface area (Å²) in [5, 5.41) is 5.96. The van der Waals surface area contributed by atoms with Gasteiger partial charge in [-0.1, -0.05) is 18.2 Å². The number of aromatic amines is 1. The van der Waals surface area contributed by atoms with E-state index in [1.165, 1.54) is 19.5 Å². The summed E-state index contributed by atoms with van der Waals surface area (Å²) in [7, 11) is 1.53. The second-order valence-electron chi connectivity index (χ2n) is 7.41. The molecule has 0 aliphatic rings. The van der Waals surface area contributed by atoms with Gasteiger partial charge in [-0.2, -0.15) is 0 Å². The number of nitrogens with one attached hydrogen (secondary N) is 3. The fourth-order valence-electron chi connectivity index (χ4n) is 3.80. The lowest BCUT2D eigenvalue weighted by Gasteiger charge is -2.13. The van der Waals surface area contributed by atoms with Gasteiger partial charge in [0.15, 0.2) is 11.5 Å². The van der Waals surface area contributed by atoms with Gasteiger partial charge in [0, 0.05) is 19.3 Å². The smallest absolute Gasteiger partial charge is 0.256 e. The maximum Gasteiger partial charge on any atom is 0.256 e. The van der Waals surface area contributed by atoms with Crippen LogP contribution in [0.4, 0.5) is 10.2 Å². The summed E-state index contributed by atoms with van der Waals surface area (Å²) < 4.78 is 21.8. The highest BCUT2D eigenvalue weighted by molar-refractivity contribution is 6.06. The van der Waals surface area contributed by atoms with Crippen molar-refractivity contribution in [1.82, 2.24) is 34.8 Å². The van der Waals surface area contributed by atoms with E-state index in [4.69, 9.17) is 9.72 Å². The van der Waals surface area contributed by atoms with Gasteiger partial charge in [0.2, 0.25) is 0 Å². The number of carbonyl (C=O) groups is 1. The summed E-state index contributed by atoms with van der Waals surface area (Å²) >= 11 is 0. The lowest BCUT2D eigenvalue weighted by molar-refractivity contribution is 0.0934. The Bertz CT molecular complexity index is 1510. The van der Waals surface area contributed by atoms with Crippen LogP contribution in [0.3, 0.4) is 0 Å². The number of hydrogen-bond donors (Lipinski definition) is 3. The molecule has 5 rings (SSSR count). The molecule has 11 heteroatoms. The molecule has 0 atom stereocenters. The van der Waals surface area contributed by atoms with E-state index in [0.717, 1.165) is 5.69 Å². The number of halogens is 1. The molecule has 182 valence electrons. The van der Waals surface area contributed by atoms with E-state index >= 15 is 0 Å². The molecule has 0 aliphatic heterocycles. The molecule has 0 spiro atoms. The van der Waals surface area contributed by atoms with E-state index in [1.807, 2.05) is 30.3 Å². The van der Waals surface area contributed by atoms with E-state index in [9.17, 15) is 9.18 Å². The monoisotopic (exact) mass is 486 g/mol. The number of fused-ring (bicyclic) bond motifs is 2. The zero-order valence-electron chi connectivity index (χ0n) is 19.4. The Morgan fingerprint density at radius 3 is 2.72 bits per heavy atom. The van der Waals surface area contributed by atoms with Gasteiger partial charge in [0.25, 0.3) is 5.91 Å². The van der Waals surface area contributed by atoms with Crippen molar-refractivity contribution in [2.45, 2.75) is 6.54 Å². The fourth-order valence-corrected chi connectivity index (χ4v) is 3.80. The van der Waals surface area contributed by atoms with Crippen LogP contribution in [-0.2, 0) is 11.3 Å². The van der Waals surface area contributed by atoms with Crippen molar-refractivity contribution < 1.29 is 13.9 Å². The number of anilines is 1. The number of aromatic nitrogens is 6. The average Bonchev–Trinajstić information content (AvgIpc) is 3.54. The van der Waals surface area contributed by atoms with Crippen molar-refractivity contribution in [2.24, 2.45) is 0 Å². The van der Waals surface area contributed by atoms with E-state index in [1.54, 1.807) is 17.0 Å². The number of benzene rings is 2. The Morgan fingerprint density at radius 1 is 1.14 bits per heavy atom. The predicted octanol–water partition coefficient (Wildman–Crippen LogP) is 3.07. The molecule has 3 N–H and O–H groups in total. The maximum absolute atomic E-state index is 15.0. The van der Waals surface area contributed by atoms with E-state index in [2.05, 4.69) is 43.4 Å². The van der Waals surface area contributed by atoms with Crippen LogP contribution in [0, 0.1) is 18.7 Å². The quantitative estimate of drug-likeness (QED) is 0.228. The van der Waals surface area contributed by atoms with Gasteiger partial charge < -0.3 is 20.4 Å². The predicted molar refractivity (Wildman–Crippen MR) is 134 cm³/mol. The highest BCUT2D eigenvalue weighted by Crippen LogP contribution is 2.28. The van der Waals surface area contributed by atoms with Crippen LogP contribution in [0.15, 0.2) is 55.1 Å². The van der Waals surface area contributed by atoms with Crippen molar-refractivity contribution >= 4 is 33.9 Å². The Morgan fingerprint density at radius 2 is 1.94 bits per heavy atom. The zero-order valence-corrected chi connectivity index (χ0v) is 19.4.